The molecule has 0 spiro atoms. The van der Waals surface area contributed by atoms with Crippen molar-refractivity contribution in [1.82, 2.24) is 9.62 Å². The molecule has 1 aliphatic heterocycles. The molecule has 1 aliphatic rings. The number of carbonyl (C=O) groups is 1. The van der Waals surface area contributed by atoms with E-state index in [9.17, 15) is 13.2 Å². The first-order valence-electron chi connectivity index (χ1n) is 10.3. The lowest BCUT2D eigenvalue weighted by atomic mass is 10.0. The predicted molar refractivity (Wildman–Crippen MR) is 132 cm³/mol. The van der Waals surface area contributed by atoms with Crippen LogP contribution in [0.4, 0.5) is 5.69 Å². The molecule has 6 nitrogen and oxygen atoms in total. The summed E-state index contributed by atoms with van der Waals surface area (Å²) in [5, 5.41) is 7.80. The highest BCUT2D eigenvalue weighted by Crippen LogP contribution is 2.22. The van der Waals surface area contributed by atoms with E-state index in [4.69, 9.17) is 12.2 Å². The molecule has 1 amide bonds. The normalized spacial score (nSPS) is 14.6. The zero-order valence-electron chi connectivity index (χ0n) is 17.3. The molecular formula is C24H23N3O3S2. The van der Waals surface area contributed by atoms with Gasteiger partial charge in [0.15, 0.2) is 5.11 Å². The van der Waals surface area contributed by atoms with Crippen LogP contribution in [0.2, 0.25) is 0 Å². The number of hydrogen-bond acceptors (Lipinski definition) is 4. The van der Waals surface area contributed by atoms with Crippen molar-refractivity contribution in [3.8, 4) is 0 Å². The quantitative estimate of drug-likeness (QED) is 0.437. The van der Waals surface area contributed by atoms with Gasteiger partial charge >= 0.3 is 0 Å². The van der Waals surface area contributed by atoms with Crippen LogP contribution in [0.5, 0.6) is 0 Å². The first-order chi connectivity index (χ1) is 15.4. The molecule has 3 aromatic carbocycles. The third-order valence-corrected chi connectivity index (χ3v) is 7.41. The first kappa shape index (κ1) is 22.1. The summed E-state index contributed by atoms with van der Waals surface area (Å²) in [6, 6.07) is 20.2. The van der Waals surface area contributed by atoms with Gasteiger partial charge in [-0.05, 0) is 71.7 Å². The van der Waals surface area contributed by atoms with Gasteiger partial charge in [-0.2, -0.15) is 4.31 Å². The lowest BCUT2D eigenvalue weighted by Crippen LogP contribution is -2.32. The fraction of sp³-hybridized carbons (Fsp3) is 0.167. The Kier molecular flexibility index (Phi) is 6.64. The summed E-state index contributed by atoms with van der Waals surface area (Å²) < 4.78 is 26.7. The van der Waals surface area contributed by atoms with Crippen molar-refractivity contribution in [2.24, 2.45) is 0 Å². The average Bonchev–Trinajstić information content (AvgIpc) is 3.34. The second-order valence-corrected chi connectivity index (χ2v) is 9.83. The summed E-state index contributed by atoms with van der Waals surface area (Å²) >= 11 is 5.21. The number of nitrogens with zero attached hydrogens (tertiary/aromatic N) is 1. The number of anilines is 1. The van der Waals surface area contributed by atoms with E-state index in [0.717, 1.165) is 29.2 Å². The van der Waals surface area contributed by atoms with Crippen LogP contribution in [0.25, 0.3) is 16.8 Å². The Morgan fingerprint density at radius 2 is 1.62 bits per heavy atom. The third-order valence-electron chi connectivity index (χ3n) is 5.29. The molecule has 2 N–H and O–H groups in total. The van der Waals surface area contributed by atoms with Crippen LogP contribution in [-0.4, -0.2) is 36.8 Å². The fourth-order valence-corrected chi connectivity index (χ4v) is 5.40. The molecule has 0 unspecified atom stereocenters. The number of sulfonamides is 1. The van der Waals surface area contributed by atoms with E-state index in [2.05, 4.69) is 10.6 Å². The number of benzene rings is 3. The van der Waals surface area contributed by atoms with Gasteiger partial charge in [0, 0.05) is 24.9 Å². The third kappa shape index (κ3) is 5.04. The van der Waals surface area contributed by atoms with Crippen molar-refractivity contribution in [3.63, 3.8) is 0 Å². The van der Waals surface area contributed by atoms with Gasteiger partial charge < -0.3 is 5.32 Å². The zero-order chi connectivity index (χ0) is 22.6. The van der Waals surface area contributed by atoms with Gasteiger partial charge in [-0.1, -0.05) is 42.5 Å². The summed E-state index contributed by atoms with van der Waals surface area (Å²) in [6.07, 6.45) is 4.96. The number of thiocarbonyl (C=S) groups is 1. The summed E-state index contributed by atoms with van der Waals surface area (Å²) in [6.45, 7) is 1.12. The Bertz CT molecular complexity index is 1270. The van der Waals surface area contributed by atoms with Gasteiger partial charge in [0.1, 0.15) is 0 Å². The maximum Gasteiger partial charge on any atom is 0.250 e. The van der Waals surface area contributed by atoms with Crippen LogP contribution >= 0.6 is 12.2 Å². The molecule has 0 radical (unpaired) electrons. The van der Waals surface area contributed by atoms with Crippen LogP contribution in [0.3, 0.4) is 0 Å². The second-order valence-electron chi connectivity index (χ2n) is 7.48. The predicted octanol–water partition coefficient (Wildman–Crippen LogP) is 4.15. The van der Waals surface area contributed by atoms with Gasteiger partial charge in [-0.15, -0.1) is 0 Å². The van der Waals surface area contributed by atoms with Crippen molar-refractivity contribution in [2.45, 2.75) is 17.7 Å². The van der Waals surface area contributed by atoms with Crippen LogP contribution < -0.4 is 10.6 Å². The maximum absolute atomic E-state index is 12.6. The highest BCUT2D eigenvalue weighted by Gasteiger charge is 2.26. The highest BCUT2D eigenvalue weighted by molar-refractivity contribution is 7.89. The van der Waals surface area contributed by atoms with E-state index in [1.807, 2.05) is 42.5 Å². The Hall–Kier alpha value is -3.07. The summed E-state index contributed by atoms with van der Waals surface area (Å²) in [7, 11) is -3.46. The van der Waals surface area contributed by atoms with Gasteiger partial charge in [0.05, 0.1) is 4.90 Å². The van der Waals surface area contributed by atoms with E-state index in [1.165, 1.54) is 10.4 Å². The van der Waals surface area contributed by atoms with Crippen molar-refractivity contribution < 1.29 is 13.2 Å². The smallest absolute Gasteiger partial charge is 0.250 e. The van der Waals surface area contributed by atoms with E-state index in [0.29, 0.717) is 18.8 Å². The molecule has 0 atom stereocenters. The van der Waals surface area contributed by atoms with Crippen LogP contribution in [0, 0.1) is 0 Å². The van der Waals surface area contributed by atoms with Gasteiger partial charge in [0.25, 0.3) is 0 Å². The summed E-state index contributed by atoms with van der Waals surface area (Å²) in [4.78, 5) is 12.5. The number of amides is 1. The standard InChI is InChI=1S/C24H23N3O3S2/c28-23(15-10-19-8-5-7-18-6-1-2-9-22(18)19)26-24(31)25-20-11-13-21(14-12-20)32(29,30)27-16-3-4-17-27/h1-2,5-15H,3-4,16-17H2,(H2,25,26,28,31). The number of fused-ring (bicyclic) bond motifs is 1. The SMILES string of the molecule is O=C(C=Cc1cccc2ccccc12)NC(=S)Nc1ccc(S(=O)(=O)N2CCCC2)cc1. The van der Waals surface area contributed by atoms with Crippen LogP contribution in [-0.2, 0) is 14.8 Å². The van der Waals surface area contributed by atoms with Gasteiger partial charge in [-0.3, -0.25) is 10.1 Å². The maximum atomic E-state index is 12.6. The number of rotatable bonds is 5. The average molecular weight is 466 g/mol. The minimum absolute atomic E-state index is 0.132. The molecule has 8 heteroatoms. The molecule has 1 saturated heterocycles. The van der Waals surface area contributed by atoms with Crippen molar-refractivity contribution in [3.05, 3.63) is 78.4 Å². The van der Waals surface area contributed by atoms with Crippen molar-refractivity contribution in [1.29, 1.82) is 0 Å². The molecule has 3 aromatic rings. The number of nitrogens with one attached hydrogen (secondary N) is 2. The minimum Gasteiger partial charge on any atom is -0.332 e. The van der Waals surface area contributed by atoms with Crippen molar-refractivity contribution in [2.75, 3.05) is 18.4 Å². The lowest BCUT2D eigenvalue weighted by Gasteiger charge is -2.16. The summed E-state index contributed by atoms with van der Waals surface area (Å²) in [5.41, 5.74) is 1.53. The molecule has 32 heavy (non-hydrogen) atoms. The summed E-state index contributed by atoms with van der Waals surface area (Å²) in [5.74, 6) is -0.358. The van der Waals surface area contributed by atoms with E-state index in [-0.39, 0.29) is 15.9 Å². The molecule has 0 aliphatic carbocycles. The molecule has 1 heterocycles. The van der Waals surface area contributed by atoms with Gasteiger partial charge in [0.2, 0.25) is 15.9 Å². The van der Waals surface area contributed by atoms with E-state index >= 15 is 0 Å². The topological polar surface area (TPSA) is 78.5 Å². The Labute approximate surface area is 193 Å². The molecule has 1 fully saturated rings. The Morgan fingerprint density at radius 3 is 2.38 bits per heavy atom. The van der Waals surface area contributed by atoms with E-state index in [1.54, 1.807) is 30.3 Å². The first-order valence-corrected chi connectivity index (χ1v) is 12.2. The molecule has 0 bridgehead atoms. The zero-order valence-corrected chi connectivity index (χ0v) is 19.0. The molecule has 164 valence electrons. The molecular weight excluding hydrogens is 442 g/mol. The number of hydrogen-bond donors (Lipinski definition) is 2. The fourth-order valence-electron chi connectivity index (χ4n) is 3.66. The van der Waals surface area contributed by atoms with Crippen LogP contribution in [0.15, 0.2) is 77.7 Å². The largest absolute Gasteiger partial charge is 0.332 e. The minimum atomic E-state index is -3.46. The second kappa shape index (κ2) is 9.60. The highest BCUT2D eigenvalue weighted by atomic mass is 32.2. The van der Waals surface area contributed by atoms with Crippen molar-refractivity contribution >= 4 is 55.8 Å². The van der Waals surface area contributed by atoms with Gasteiger partial charge in [-0.25, -0.2) is 8.42 Å². The monoisotopic (exact) mass is 465 g/mol. The Balaban J connectivity index is 1.36. The van der Waals surface area contributed by atoms with E-state index < -0.39 is 10.0 Å². The lowest BCUT2D eigenvalue weighted by molar-refractivity contribution is -0.115. The number of carbonyl (C=O) groups excluding carboxylic acids is 1. The van der Waals surface area contributed by atoms with Crippen LogP contribution in [0.1, 0.15) is 18.4 Å². The molecule has 0 aromatic heterocycles. The molecule has 0 saturated carbocycles. The Morgan fingerprint density at radius 1 is 0.938 bits per heavy atom. The molecule has 4 rings (SSSR count).